The fraction of sp³-hybridized carbons (Fsp3) is 0.833. The summed E-state index contributed by atoms with van der Waals surface area (Å²) in [5, 5.41) is 10.5. The minimum atomic E-state index is -0.848. The molecular weight excluding hydrogens is 236 g/mol. The summed E-state index contributed by atoms with van der Waals surface area (Å²) < 4.78 is 4.89. The van der Waals surface area contributed by atoms with E-state index in [0.717, 1.165) is 0 Å². The van der Waals surface area contributed by atoms with Crippen LogP contribution in [0.15, 0.2) is 0 Å². The lowest BCUT2D eigenvalue weighted by Gasteiger charge is -2.30. The molecule has 0 aromatic carbocycles. The van der Waals surface area contributed by atoms with Crippen LogP contribution in [-0.4, -0.2) is 53.7 Å². The molecule has 0 aliphatic carbocycles. The maximum Gasteiger partial charge on any atom is 0.248 e. The highest BCUT2D eigenvalue weighted by atomic mass is 16.5. The molecule has 6 heteroatoms. The second-order valence-electron chi connectivity index (χ2n) is 5.28. The standard InChI is InChI=1S/C12H22N2O4/c1-8(2)12(17)7-14(4-9(12)3)11(16)6-18-5-10(13)15/h8-9,17H,4-7H2,1-3H3,(H2,13,15)/t9-,12-/m1/s1. The third-order valence-corrected chi connectivity index (χ3v) is 3.61. The van der Waals surface area contributed by atoms with Crippen molar-refractivity contribution in [2.24, 2.45) is 17.6 Å². The Morgan fingerprint density at radius 2 is 2.11 bits per heavy atom. The van der Waals surface area contributed by atoms with Crippen LogP contribution in [0, 0.1) is 11.8 Å². The molecule has 0 unspecified atom stereocenters. The minimum absolute atomic E-state index is 0.0255. The molecule has 2 atom stereocenters. The molecule has 3 N–H and O–H groups in total. The summed E-state index contributed by atoms with van der Waals surface area (Å²) >= 11 is 0. The van der Waals surface area contributed by atoms with Crippen molar-refractivity contribution in [1.82, 2.24) is 4.90 Å². The average molecular weight is 258 g/mol. The fourth-order valence-corrected chi connectivity index (χ4v) is 2.29. The lowest BCUT2D eigenvalue weighted by atomic mass is 9.82. The molecule has 0 radical (unpaired) electrons. The molecule has 1 heterocycles. The molecule has 0 bridgehead atoms. The number of primary amides is 1. The normalized spacial score (nSPS) is 27.8. The number of hydrogen-bond acceptors (Lipinski definition) is 4. The zero-order valence-electron chi connectivity index (χ0n) is 11.2. The monoisotopic (exact) mass is 258 g/mol. The molecule has 1 fully saturated rings. The topological polar surface area (TPSA) is 92.9 Å². The van der Waals surface area contributed by atoms with Crippen molar-refractivity contribution in [1.29, 1.82) is 0 Å². The van der Waals surface area contributed by atoms with Crippen LogP contribution in [0.25, 0.3) is 0 Å². The predicted octanol–water partition coefficient (Wildman–Crippen LogP) is -0.646. The van der Waals surface area contributed by atoms with Gasteiger partial charge in [-0.25, -0.2) is 0 Å². The highest BCUT2D eigenvalue weighted by Crippen LogP contribution is 2.33. The first-order valence-electron chi connectivity index (χ1n) is 6.13. The van der Waals surface area contributed by atoms with Crippen LogP contribution < -0.4 is 5.73 Å². The Morgan fingerprint density at radius 1 is 1.50 bits per heavy atom. The number of hydrogen-bond donors (Lipinski definition) is 2. The number of ether oxygens (including phenoxy) is 1. The number of aliphatic hydroxyl groups is 1. The van der Waals surface area contributed by atoms with Gasteiger partial charge in [-0.3, -0.25) is 9.59 Å². The van der Waals surface area contributed by atoms with Crippen molar-refractivity contribution in [2.75, 3.05) is 26.3 Å². The van der Waals surface area contributed by atoms with E-state index in [2.05, 4.69) is 0 Å². The Morgan fingerprint density at radius 3 is 2.56 bits per heavy atom. The highest BCUT2D eigenvalue weighted by Gasteiger charge is 2.46. The van der Waals surface area contributed by atoms with Crippen LogP contribution in [0.5, 0.6) is 0 Å². The van der Waals surface area contributed by atoms with Crippen LogP contribution in [-0.2, 0) is 14.3 Å². The van der Waals surface area contributed by atoms with Gasteiger partial charge in [-0.05, 0) is 5.92 Å². The Kier molecular flexibility index (Phi) is 4.70. The summed E-state index contributed by atoms with van der Waals surface area (Å²) in [6.45, 7) is 6.19. The highest BCUT2D eigenvalue weighted by molar-refractivity contribution is 5.79. The van der Waals surface area contributed by atoms with Crippen molar-refractivity contribution >= 4 is 11.8 Å². The Hall–Kier alpha value is -1.14. The molecule has 0 aromatic heterocycles. The van der Waals surface area contributed by atoms with Crippen molar-refractivity contribution in [3.8, 4) is 0 Å². The summed E-state index contributed by atoms with van der Waals surface area (Å²) in [5.41, 5.74) is 4.06. The number of nitrogens with zero attached hydrogens (tertiary/aromatic N) is 1. The van der Waals surface area contributed by atoms with E-state index in [4.69, 9.17) is 10.5 Å². The van der Waals surface area contributed by atoms with Crippen LogP contribution >= 0.6 is 0 Å². The Balaban J connectivity index is 2.50. The van der Waals surface area contributed by atoms with Crippen LogP contribution in [0.2, 0.25) is 0 Å². The quantitative estimate of drug-likeness (QED) is 0.685. The molecule has 18 heavy (non-hydrogen) atoms. The molecule has 2 amide bonds. The summed E-state index contributed by atoms with van der Waals surface area (Å²) in [4.78, 5) is 23.9. The summed E-state index contributed by atoms with van der Waals surface area (Å²) in [6.07, 6.45) is 0. The van der Waals surface area contributed by atoms with Gasteiger partial charge in [0.15, 0.2) is 0 Å². The van der Waals surface area contributed by atoms with Gasteiger partial charge in [-0.2, -0.15) is 0 Å². The van der Waals surface area contributed by atoms with E-state index < -0.39 is 11.5 Å². The van der Waals surface area contributed by atoms with Crippen molar-refractivity contribution in [2.45, 2.75) is 26.4 Å². The van der Waals surface area contributed by atoms with Crippen molar-refractivity contribution in [3.05, 3.63) is 0 Å². The largest absolute Gasteiger partial charge is 0.387 e. The summed E-state index contributed by atoms with van der Waals surface area (Å²) in [6, 6.07) is 0. The molecule has 0 aromatic rings. The van der Waals surface area contributed by atoms with Crippen LogP contribution in [0.4, 0.5) is 0 Å². The predicted molar refractivity (Wildman–Crippen MR) is 65.5 cm³/mol. The minimum Gasteiger partial charge on any atom is -0.387 e. The summed E-state index contributed by atoms with van der Waals surface area (Å²) in [7, 11) is 0. The van der Waals surface area contributed by atoms with E-state index in [1.54, 1.807) is 4.90 Å². The second-order valence-corrected chi connectivity index (χ2v) is 5.28. The first-order chi connectivity index (χ1) is 8.27. The molecule has 1 rings (SSSR count). The van der Waals surface area contributed by atoms with Gasteiger partial charge in [0.25, 0.3) is 0 Å². The van der Waals surface area contributed by atoms with Gasteiger partial charge in [0, 0.05) is 12.5 Å². The van der Waals surface area contributed by atoms with E-state index in [0.29, 0.717) is 13.1 Å². The number of carbonyl (C=O) groups excluding carboxylic acids is 2. The van der Waals surface area contributed by atoms with E-state index in [1.807, 2.05) is 20.8 Å². The molecule has 104 valence electrons. The molecule has 6 nitrogen and oxygen atoms in total. The Labute approximate surface area is 107 Å². The van der Waals surface area contributed by atoms with Gasteiger partial charge in [0.05, 0.1) is 12.1 Å². The van der Waals surface area contributed by atoms with Gasteiger partial charge in [-0.15, -0.1) is 0 Å². The molecular formula is C12H22N2O4. The van der Waals surface area contributed by atoms with Crippen molar-refractivity contribution < 1.29 is 19.4 Å². The molecule has 1 saturated heterocycles. The number of rotatable bonds is 5. The molecule has 0 spiro atoms. The van der Waals surface area contributed by atoms with Crippen molar-refractivity contribution in [3.63, 3.8) is 0 Å². The fourth-order valence-electron chi connectivity index (χ4n) is 2.29. The van der Waals surface area contributed by atoms with E-state index in [9.17, 15) is 14.7 Å². The maximum atomic E-state index is 11.8. The van der Waals surface area contributed by atoms with E-state index in [1.165, 1.54) is 0 Å². The number of carbonyl (C=O) groups is 2. The molecule has 1 aliphatic heterocycles. The van der Waals surface area contributed by atoms with Crippen LogP contribution in [0.3, 0.4) is 0 Å². The molecule has 1 aliphatic rings. The first-order valence-corrected chi connectivity index (χ1v) is 6.13. The zero-order chi connectivity index (χ0) is 13.9. The van der Waals surface area contributed by atoms with E-state index >= 15 is 0 Å². The van der Waals surface area contributed by atoms with Crippen LogP contribution in [0.1, 0.15) is 20.8 Å². The summed E-state index contributed by atoms with van der Waals surface area (Å²) in [5.74, 6) is -0.717. The molecule has 0 saturated carbocycles. The zero-order valence-corrected chi connectivity index (χ0v) is 11.2. The third-order valence-electron chi connectivity index (χ3n) is 3.61. The van der Waals surface area contributed by atoms with Gasteiger partial charge in [0.1, 0.15) is 13.2 Å². The number of likely N-dealkylation sites (tertiary alicyclic amines) is 1. The first kappa shape index (κ1) is 14.9. The van der Waals surface area contributed by atoms with Gasteiger partial charge < -0.3 is 20.5 Å². The lowest BCUT2D eigenvalue weighted by Crippen LogP contribution is -2.43. The Bertz CT molecular complexity index is 332. The van der Waals surface area contributed by atoms with Gasteiger partial charge in [0.2, 0.25) is 11.8 Å². The number of nitrogens with two attached hydrogens (primary N) is 1. The van der Waals surface area contributed by atoms with Gasteiger partial charge in [-0.1, -0.05) is 20.8 Å². The average Bonchev–Trinajstić information content (AvgIpc) is 2.56. The number of amides is 2. The second kappa shape index (κ2) is 5.67. The lowest BCUT2D eigenvalue weighted by molar-refractivity contribution is -0.138. The number of β-amino-alcohol motifs (C(OH)–C–C–N with tert-alkyl or cyclic N) is 1. The van der Waals surface area contributed by atoms with Gasteiger partial charge >= 0.3 is 0 Å². The smallest absolute Gasteiger partial charge is 0.248 e. The SMILES string of the molecule is CC(C)[C@]1(O)CN(C(=O)COCC(N)=O)C[C@H]1C. The van der Waals surface area contributed by atoms with E-state index in [-0.39, 0.29) is 31.0 Å². The third kappa shape index (κ3) is 3.20. The maximum absolute atomic E-state index is 11.8.